The van der Waals surface area contributed by atoms with E-state index in [1.807, 2.05) is 6.20 Å². The summed E-state index contributed by atoms with van der Waals surface area (Å²) in [6.45, 7) is 0.825. The fourth-order valence-electron chi connectivity index (χ4n) is 5.18. The van der Waals surface area contributed by atoms with E-state index in [0.717, 1.165) is 11.0 Å². The molecule has 0 spiro atoms. The summed E-state index contributed by atoms with van der Waals surface area (Å²) in [6.07, 6.45) is 10.6. The van der Waals surface area contributed by atoms with E-state index in [0.29, 0.717) is 0 Å². The number of halogens is 1. The van der Waals surface area contributed by atoms with Crippen molar-refractivity contribution in [1.29, 1.82) is 0 Å². The second kappa shape index (κ2) is 9.16. The summed E-state index contributed by atoms with van der Waals surface area (Å²) in [5.74, 6) is 0. The van der Waals surface area contributed by atoms with Gasteiger partial charge in [0.2, 0.25) is 0 Å². The van der Waals surface area contributed by atoms with Crippen LogP contribution in [0.15, 0.2) is 125 Å². The maximum Gasteiger partial charge on any atom is 0.130 e. The Labute approximate surface area is 215 Å². The Morgan fingerprint density at radius 1 is 0.914 bits per heavy atom. The molecule has 0 saturated carbocycles. The van der Waals surface area contributed by atoms with Crippen molar-refractivity contribution in [3.8, 4) is 0 Å². The first kappa shape index (κ1) is 21.8. The molecule has 4 nitrogen and oxygen atoms in total. The second-order valence-corrected chi connectivity index (χ2v) is 9.97. The number of likely N-dealkylation sites (N-methyl/N-ethyl adjacent to an activating group) is 1. The maximum atomic E-state index is 3.94. The summed E-state index contributed by atoms with van der Waals surface area (Å²) in [5, 5.41) is 7.27. The highest BCUT2D eigenvalue weighted by atomic mass is 79.9. The van der Waals surface area contributed by atoms with Crippen molar-refractivity contribution < 1.29 is 0 Å². The van der Waals surface area contributed by atoms with Gasteiger partial charge < -0.3 is 20.4 Å². The van der Waals surface area contributed by atoms with Gasteiger partial charge in [-0.25, -0.2) is 0 Å². The lowest BCUT2D eigenvalue weighted by Crippen LogP contribution is -2.30. The number of nitrogens with one attached hydrogen (secondary N) is 2. The third kappa shape index (κ3) is 4.06. The summed E-state index contributed by atoms with van der Waals surface area (Å²) >= 11 is 3.79. The molecule has 35 heavy (non-hydrogen) atoms. The molecule has 0 bridgehead atoms. The fraction of sp³-hybridized carbons (Fsp3) is 0.133. The van der Waals surface area contributed by atoms with E-state index in [1.54, 1.807) is 0 Å². The quantitative estimate of drug-likeness (QED) is 0.411. The highest BCUT2D eigenvalue weighted by molar-refractivity contribution is 9.10. The fourth-order valence-corrected chi connectivity index (χ4v) is 5.69. The molecule has 2 N–H and O–H groups in total. The molecule has 3 aromatic rings. The third-order valence-electron chi connectivity index (χ3n) is 6.79. The zero-order valence-electron chi connectivity index (χ0n) is 19.5. The number of hydrogen-bond donors (Lipinski definition) is 2. The molecule has 174 valence electrons. The molecule has 6 rings (SSSR count). The summed E-state index contributed by atoms with van der Waals surface area (Å²) in [6, 6.07) is 28.2. The molecule has 0 fully saturated rings. The average molecular weight is 523 g/mol. The van der Waals surface area contributed by atoms with Crippen LogP contribution < -0.4 is 15.5 Å². The van der Waals surface area contributed by atoms with E-state index >= 15 is 0 Å². The monoisotopic (exact) mass is 522 g/mol. The first-order valence-electron chi connectivity index (χ1n) is 11.9. The van der Waals surface area contributed by atoms with Crippen LogP contribution in [0.2, 0.25) is 0 Å². The number of dihydropyridines is 1. The predicted molar refractivity (Wildman–Crippen MR) is 147 cm³/mol. The van der Waals surface area contributed by atoms with Gasteiger partial charge in [-0.2, -0.15) is 0 Å². The molecule has 0 radical (unpaired) electrons. The maximum absolute atomic E-state index is 3.94. The Morgan fingerprint density at radius 2 is 1.69 bits per heavy atom. The van der Waals surface area contributed by atoms with Crippen LogP contribution in [0.1, 0.15) is 28.9 Å². The lowest BCUT2D eigenvalue weighted by Gasteiger charge is -2.32. The molecular weight excluding hydrogens is 496 g/mol. The molecule has 3 aliphatic rings. The standard InChI is InChI=1S/C30H27BrN4/c1-34-16-14-27-28(29(34)21-9-4-2-5-10-21)33-30(35(27)26-12-6-3-7-13-26)24-17-23(18-25(31)19-24)22-11-8-15-32-20-22/h2-19,29-30,32-33H,20H2,1H3. The van der Waals surface area contributed by atoms with Crippen LogP contribution in [-0.4, -0.2) is 18.5 Å². The van der Waals surface area contributed by atoms with E-state index in [9.17, 15) is 0 Å². The topological polar surface area (TPSA) is 30.5 Å². The van der Waals surface area contributed by atoms with E-state index < -0.39 is 0 Å². The summed E-state index contributed by atoms with van der Waals surface area (Å²) in [7, 11) is 2.15. The van der Waals surface area contributed by atoms with Crippen molar-refractivity contribution in [1.82, 2.24) is 15.5 Å². The minimum atomic E-state index is -0.0336. The highest BCUT2D eigenvalue weighted by Crippen LogP contribution is 2.44. The smallest absolute Gasteiger partial charge is 0.130 e. The lowest BCUT2D eigenvalue weighted by molar-refractivity contribution is 0.357. The summed E-state index contributed by atoms with van der Waals surface area (Å²) in [4.78, 5) is 4.71. The second-order valence-electron chi connectivity index (χ2n) is 9.05. The Kier molecular flexibility index (Phi) is 5.71. The Morgan fingerprint density at radius 3 is 2.43 bits per heavy atom. The van der Waals surface area contributed by atoms with Gasteiger partial charge in [-0.3, -0.25) is 0 Å². The van der Waals surface area contributed by atoms with Crippen molar-refractivity contribution in [3.05, 3.63) is 142 Å². The molecule has 5 heteroatoms. The van der Waals surface area contributed by atoms with Gasteiger partial charge in [0, 0.05) is 30.0 Å². The molecular formula is C30H27BrN4. The van der Waals surface area contributed by atoms with Gasteiger partial charge in [-0.1, -0.05) is 70.5 Å². The van der Waals surface area contributed by atoms with Crippen LogP contribution >= 0.6 is 15.9 Å². The highest BCUT2D eigenvalue weighted by Gasteiger charge is 2.39. The number of rotatable bonds is 4. The number of para-hydroxylation sites is 1. The Bertz CT molecular complexity index is 1360. The van der Waals surface area contributed by atoms with Crippen molar-refractivity contribution in [2.24, 2.45) is 0 Å². The molecule has 3 aromatic carbocycles. The first-order valence-corrected chi connectivity index (χ1v) is 12.7. The summed E-state index contributed by atoms with van der Waals surface area (Å²) < 4.78 is 1.08. The van der Waals surface area contributed by atoms with Gasteiger partial charge in [0.25, 0.3) is 0 Å². The molecule has 3 aliphatic heterocycles. The van der Waals surface area contributed by atoms with Crippen LogP contribution in [0.3, 0.4) is 0 Å². The SMILES string of the molecule is CN1C=CC2=C(NC(c3cc(Br)cc(C4=CC=CNC4)c3)N2c2ccccc2)C1c1ccccc1. The number of allylic oxidation sites excluding steroid dienone is 3. The molecule has 2 atom stereocenters. The number of hydrogen-bond acceptors (Lipinski definition) is 4. The van der Waals surface area contributed by atoms with Crippen molar-refractivity contribution in [2.45, 2.75) is 12.2 Å². The van der Waals surface area contributed by atoms with Crippen LogP contribution in [-0.2, 0) is 0 Å². The third-order valence-corrected chi connectivity index (χ3v) is 7.25. The van der Waals surface area contributed by atoms with E-state index in [2.05, 4.69) is 147 Å². The predicted octanol–water partition coefficient (Wildman–Crippen LogP) is 6.47. The minimum absolute atomic E-state index is 0.0336. The van der Waals surface area contributed by atoms with E-state index in [4.69, 9.17) is 0 Å². The van der Waals surface area contributed by atoms with Crippen LogP contribution in [0.25, 0.3) is 5.57 Å². The number of benzene rings is 3. The van der Waals surface area contributed by atoms with Gasteiger partial charge in [0.05, 0.1) is 17.4 Å². The Balaban J connectivity index is 1.47. The van der Waals surface area contributed by atoms with Crippen molar-refractivity contribution in [2.75, 3.05) is 18.5 Å². The number of nitrogens with zero attached hydrogens (tertiary/aromatic N) is 2. The normalized spacial score (nSPS) is 20.9. The molecule has 3 heterocycles. The molecule has 2 unspecified atom stereocenters. The van der Waals surface area contributed by atoms with E-state index in [1.165, 1.54) is 39.3 Å². The largest absolute Gasteiger partial charge is 0.387 e. The van der Waals surface area contributed by atoms with Gasteiger partial charge >= 0.3 is 0 Å². The zero-order valence-corrected chi connectivity index (χ0v) is 21.1. The number of anilines is 1. The molecule has 0 aromatic heterocycles. The lowest BCUT2D eigenvalue weighted by atomic mass is 9.99. The average Bonchev–Trinajstić information content (AvgIpc) is 3.29. The Hall–Kier alpha value is -3.70. The van der Waals surface area contributed by atoms with Crippen molar-refractivity contribution in [3.63, 3.8) is 0 Å². The molecule has 0 amide bonds. The van der Waals surface area contributed by atoms with Crippen molar-refractivity contribution >= 4 is 27.2 Å². The van der Waals surface area contributed by atoms with Crippen LogP contribution in [0.5, 0.6) is 0 Å². The zero-order chi connectivity index (χ0) is 23.8. The van der Waals surface area contributed by atoms with Gasteiger partial charge in [-0.15, -0.1) is 0 Å². The molecule has 0 saturated heterocycles. The minimum Gasteiger partial charge on any atom is -0.387 e. The molecule has 0 aliphatic carbocycles. The van der Waals surface area contributed by atoms with Gasteiger partial charge in [0.1, 0.15) is 6.17 Å². The van der Waals surface area contributed by atoms with Gasteiger partial charge in [-0.05, 0) is 70.9 Å². The van der Waals surface area contributed by atoms with Crippen LogP contribution in [0.4, 0.5) is 5.69 Å². The first-order chi connectivity index (χ1) is 17.2. The van der Waals surface area contributed by atoms with E-state index in [-0.39, 0.29) is 12.2 Å². The van der Waals surface area contributed by atoms with Gasteiger partial charge in [0.15, 0.2) is 0 Å². The van der Waals surface area contributed by atoms with Crippen LogP contribution in [0, 0.1) is 0 Å². The summed E-state index contributed by atoms with van der Waals surface area (Å²) in [5.41, 5.74) is 8.57.